The SMILES string of the molecule is Cc1ccc(-c2cccn3nc(Nc4ccc(C(=O)NCCN5CCOCC5)cc4)nc23)cc1. The van der Waals surface area contributed by atoms with Crippen LogP contribution in [0.5, 0.6) is 0 Å². The number of carbonyl (C=O) groups excluding carboxylic acids is 1. The molecule has 0 spiro atoms. The molecule has 0 radical (unpaired) electrons. The Balaban J connectivity index is 1.23. The number of benzene rings is 2. The highest BCUT2D eigenvalue weighted by Crippen LogP contribution is 2.25. The van der Waals surface area contributed by atoms with Crippen molar-refractivity contribution in [2.45, 2.75) is 6.92 Å². The van der Waals surface area contributed by atoms with Crippen LogP contribution in [0.15, 0.2) is 66.9 Å². The van der Waals surface area contributed by atoms with Crippen LogP contribution < -0.4 is 10.6 Å². The average molecular weight is 457 g/mol. The summed E-state index contributed by atoms with van der Waals surface area (Å²) in [4.78, 5) is 19.5. The second-order valence-electron chi connectivity index (χ2n) is 8.40. The monoisotopic (exact) mass is 456 g/mol. The van der Waals surface area contributed by atoms with Gasteiger partial charge < -0.3 is 15.4 Å². The van der Waals surface area contributed by atoms with Crippen molar-refractivity contribution < 1.29 is 9.53 Å². The number of aromatic nitrogens is 3. The highest BCUT2D eigenvalue weighted by molar-refractivity contribution is 5.94. The van der Waals surface area contributed by atoms with E-state index in [0.717, 1.165) is 55.3 Å². The lowest BCUT2D eigenvalue weighted by molar-refractivity contribution is 0.0383. The molecule has 5 rings (SSSR count). The number of aryl methyl sites for hydroxylation is 1. The standard InChI is InChI=1S/C26H28N6O2/c1-19-4-6-20(7-5-19)23-3-2-13-32-24(23)29-26(30-32)28-22-10-8-21(9-11-22)25(33)27-12-14-31-15-17-34-18-16-31/h2-11,13H,12,14-18H2,1H3,(H,27,33)(H,28,30). The first-order valence-electron chi connectivity index (χ1n) is 11.5. The first kappa shape index (κ1) is 22.1. The van der Waals surface area contributed by atoms with Crippen LogP contribution in [0, 0.1) is 6.92 Å². The van der Waals surface area contributed by atoms with E-state index in [9.17, 15) is 4.79 Å². The third-order valence-corrected chi connectivity index (χ3v) is 5.95. The molecule has 174 valence electrons. The minimum Gasteiger partial charge on any atom is -0.379 e. The molecule has 0 saturated carbocycles. The molecule has 1 fully saturated rings. The van der Waals surface area contributed by atoms with Gasteiger partial charge in [0, 0.05) is 49.2 Å². The summed E-state index contributed by atoms with van der Waals surface area (Å²) in [5.74, 6) is 0.427. The molecule has 0 atom stereocenters. The number of carbonyl (C=O) groups is 1. The molecule has 0 aliphatic carbocycles. The Kier molecular flexibility index (Phi) is 6.51. The summed E-state index contributed by atoms with van der Waals surface area (Å²) in [6, 6.07) is 19.7. The van der Waals surface area contributed by atoms with Crippen molar-refractivity contribution >= 4 is 23.2 Å². The van der Waals surface area contributed by atoms with Crippen molar-refractivity contribution in [3.8, 4) is 11.1 Å². The number of nitrogens with one attached hydrogen (secondary N) is 2. The zero-order valence-corrected chi connectivity index (χ0v) is 19.2. The van der Waals surface area contributed by atoms with Gasteiger partial charge in [-0.25, -0.2) is 4.52 Å². The largest absolute Gasteiger partial charge is 0.379 e. The molecule has 0 bridgehead atoms. The molecule has 1 amide bonds. The van der Waals surface area contributed by atoms with E-state index in [1.165, 1.54) is 5.56 Å². The highest BCUT2D eigenvalue weighted by Gasteiger charge is 2.12. The summed E-state index contributed by atoms with van der Waals surface area (Å²) in [6.07, 6.45) is 1.88. The van der Waals surface area contributed by atoms with Crippen LogP contribution in [-0.2, 0) is 4.74 Å². The molecule has 1 aliphatic rings. The smallest absolute Gasteiger partial charge is 0.251 e. The Morgan fingerprint density at radius 3 is 2.56 bits per heavy atom. The number of amides is 1. The van der Waals surface area contributed by atoms with E-state index in [0.29, 0.717) is 18.1 Å². The van der Waals surface area contributed by atoms with Gasteiger partial charge in [-0.1, -0.05) is 29.8 Å². The molecule has 0 unspecified atom stereocenters. The number of fused-ring (bicyclic) bond motifs is 1. The lowest BCUT2D eigenvalue weighted by Crippen LogP contribution is -2.41. The maximum Gasteiger partial charge on any atom is 0.251 e. The van der Waals surface area contributed by atoms with Crippen LogP contribution in [0.1, 0.15) is 15.9 Å². The van der Waals surface area contributed by atoms with Crippen LogP contribution in [0.25, 0.3) is 16.8 Å². The second-order valence-corrected chi connectivity index (χ2v) is 8.40. The molecule has 2 N–H and O–H groups in total. The summed E-state index contributed by atoms with van der Waals surface area (Å²) in [7, 11) is 0. The number of morpholine rings is 1. The van der Waals surface area contributed by atoms with Gasteiger partial charge in [0.05, 0.1) is 13.2 Å². The van der Waals surface area contributed by atoms with E-state index >= 15 is 0 Å². The molecule has 1 saturated heterocycles. The number of hydrogen-bond acceptors (Lipinski definition) is 6. The third-order valence-electron chi connectivity index (χ3n) is 5.95. The summed E-state index contributed by atoms with van der Waals surface area (Å²) in [5.41, 5.74) is 5.56. The first-order chi connectivity index (χ1) is 16.7. The Morgan fingerprint density at radius 1 is 1.03 bits per heavy atom. The molecule has 4 aromatic rings. The minimum atomic E-state index is -0.0756. The van der Waals surface area contributed by atoms with E-state index in [-0.39, 0.29) is 5.91 Å². The van der Waals surface area contributed by atoms with Gasteiger partial charge in [0.2, 0.25) is 5.95 Å². The zero-order chi connectivity index (χ0) is 23.3. The van der Waals surface area contributed by atoms with Crippen molar-refractivity contribution in [1.29, 1.82) is 0 Å². The van der Waals surface area contributed by atoms with Crippen LogP contribution in [0.4, 0.5) is 11.6 Å². The number of nitrogens with zero attached hydrogens (tertiary/aromatic N) is 4. The summed E-state index contributed by atoms with van der Waals surface area (Å²) in [5, 5.41) is 10.8. The topological polar surface area (TPSA) is 83.8 Å². The fourth-order valence-electron chi connectivity index (χ4n) is 4.01. The normalized spacial score (nSPS) is 14.3. The number of ether oxygens (including phenoxy) is 1. The van der Waals surface area contributed by atoms with Gasteiger partial charge in [-0.3, -0.25) is 9.69 Å². The number of anilines is 2. The molecular weight excluding hydrogens is 428 g/mol. The molecule has 34 heavy (non-hydrogen) atoms. The van der Waals surface area contributed by atoms with Crippen LogP contribution in [-0.4, -0.2) is 64.8 Å². The molecular formula is C26H28N6O2. The maximum atomic E-state index is 12.5. The van der Waals surface area contributed by atoms with E-state index in [1.54, 1.807) is 16.6 Å². The lowest BCUT2D eigenvalue weighted by atomic mass is 10.1. The number of pyridine rings is 1. The van der Waals surface area contributed by atoms with E-state index in [4.69, 9.17) is 9.72 Å². The molecule has 8 heteroatoms. The van der Waals surface area contributed by atoms with Crippen molar-refractivity contribution in [1.82, 2.24) is 24.8 Å². The minimum absolute atomic E-state index is 0.0756. The second kappa shape index (κ2) is 10.0. The quantitative estimate of drug-likeness (QED) is 0.443. The summed E-state index contributed by atoms with van der Waals surface area (Å²) < 4.78 is 7.12. The summed E-state index contributed by atoms with van der Waals surface area (Å²) >= 11 is 0. The zero-order valence-electron chi connectivity index (χ0n) is 19.2. The Morgan fingerprint density at radius 2 is 1.79 bits per heavy atom. The van der Waals surface area contributed by atoms with Gasteiger partial charge in [-0.05, 0) is 48.9 Å². The van der Waals surface area contributed by atoms with E-state index < -0.39 is 0 Å². The van der Waals surface area contributed by atoms with Crippen molar-refractivity contribution in [3.63, 3.8) is 0 Å². The average Bonchev–Trinajstić information content (AvgIpc) is 3.28. The summed E-state index contributed by atoms with van der Waals surface area (Å²) in [6.45, 7) is 6.88. The molecule has 2 aromatic heterocycles. The predicted molar refractivity (Wildman–Crippen MR) is 132 cm³/mol. The van der Waals surface area contributed by atoms with Crippen LogP contribution in [0.2, 0.25) is 0 Å². The number of rotatable bonds is 7. The molecule has 2 aromatic carbocycles. The van der Waals surface area contributed by atoms with Gasteiger partial charge in [0.25, 0.3) is 5.91 Å². The van der Waals surface area contributed by atoms with Crippen molar-refractivity contribution in [2.75, 3.05) is 44.7 Å². The van der Waals surface area contributed by atoms with Crippen molar-refractivity contribution in [2.24, 2.45) is 0 Å². The molecule has 8 nitrogen and oxygen atoms in total. The fraction of sp³-hybridized carbons (Fsp3) is 0.269. The Bertz CT molecular complexity index is 1260. The van der Waals surface area contributed by atoms with E-state index in [2.05, 4.69) is 51.8 Å². The number of hydrogen-bond donors (Lipinski definition) is 2. The van der Waals surface area contributed by atoms with Gasteiger partial charge in [-0.2, -0.15) is 4.98 Å². The van der Waals surface area contributed by atoms with Crippen molar-refractivity contribution in [3.05, 3.63) is 78.0 Å². The lowest BCUT2D eigenvalue weighted by Gasteiger charge is -2.26. The van der Waals surface area contributed by atoms with E-state index in [1.807, 2.05) is 30.5 Å². The maximum absolute atomic E-state index is 12.5. The fourth-order valence-corrected chi connectivity index (χ4v) is 4.01. The highest BCUT2D eigenvalue weighted by atomic mass is 16.5. The van der Waals surface area contributed by atoms with Gasteiger partial charge in [-0.15, -0.1) is 5.10 Å². The molecule has 3 heterocycles. The third kappa shape index (κ3) is 5.08. The van der Waals surface area contributed by atoms with Gasteiger partial charge in [0.1, 0.15) is 0 Å². The Labute approximate surface area is 198 Å². The first-order valence-corrected chi connectivity index (χ1v) is 11.5. The van der Waals surface area contributed by atoms with Crippen LogP contribution in [0.3, 0.4) is 0 Å². The van der Waals surface area contributed by atoms with Crippen LogP contribution >= 0.6 is 0 Å². The van der Waals surface area contributed by atoms with Gasteiger partial charge >= 0.3 is 0 Å². The predicted octanol–water partition coefficient (Wildman–Crippen LogP) is 3.51. The Hall–Kier alpha value is -3.75. The van der Waals surface area contributed by atoms with Gasteiger partial charge in [0.15, 0.2) is 5.65 Å². The molecule has 1 aliphatic heterocycles.